The first-order chi connectivity index (χ1) is 6.99. The van der Waals surface area contributed by atoms with Gasteiger partial charge in [0.2, 0.25) is 5.91 Å². The summed E-state index contributed by atoms with van der Waals surface area (Å²) in [4.78, 5) is 11.8. The lowest BCUT2D eigenvalue weighted by molar-refractivity contribution is -0.124. The molecule has 2 nitrogen and oxygen atoms in total. The molecule has 0 aromatic heterocycles. The fourth-order valence-corrected chi connectivity index (χ4v) is 2.14. The van der Waals surface area contributed by atoms with Crippen LogP contribution >= 0.6 is 12.6 Å². The summed E-state index contributed by atoms with van der Waals surface area (Å²) in [6.45, 7) is 6.36. The summed E-state index contributed by atoms with van der Waals surface area (Å²) in [6, 6.07) is 0. The maximum Gasteiger partial charge on any atom is 0.221 e. The first-order valence-corrected chi connectivity index (χ1v) is 6.54. The van der Waals surface area contributed by atoms with Crippen molar-refractivity contribution >= 4 is 18.5 Å². The quantitative estimate of drug-likeness (QED) is 0.674. The summed E-state index contributed by atoms with van der Waals surface area (Å²) in [5, 5.41) is 3.15. The Morgan fingerprint density at radius 2 is 1.93 bits per heavy atom. The third-order valence-electron chi connectivity index (χ3n) is 3.83. The van der Waals surface area contributed by atoms with E-state index >= 15 is 0 Å². The molecule has 0 aliphatic heterocycles. The number of nitrogens with one attached hydrogen (secondary N) is 1. The molecule has 3 heteroatoms. The molecular formula is C12H23NOS. The molecule has 0 atom stereocenters. The van der Waals surface area contributed by atoms with Gasteiger partial charge in [-0.05, 0) is 43.8 Å². The lowest BCUT2D eigenvalue weighted by Crippen LogP contribution is -2.45. The normalized spacial score (nSPS) is 18.7. The summed E-state index contributed by atoms with van der Waals surface area (Å²) in [5.74, 6) is 1.04. The van der Waals surface area contributed by atoms with Gasteiger partial charge in [-0.15, -0.1) is 0 Å². The number of hydrogen-bond acceptors (Lipinski definition) is 2. The highest BCUT2D eigenvalue weighted by molar-refractivity contribution is 7.80. The smallest absolute Gasteiger partial charge is 0.221 e. The molecular weight excluding hydrogens is 206 g/mol. The molecule has 0 spiro atoms. The molecule has 0 aromatic carbocycles. The monoisotopic (exact) mass is 229 g/mol. The van der Waals surface area contributed by atoms with Crippen LogP contribution in [-0.2, 0) is 4.79 Å². The maximum atomic E-state index is 11.8. The van der Waals surface area contributed by atoms with Crippen molar-refractivity contribution in [3.63, 3.8) is 0 Å². The van der Waals surface area contributed by atoms with Crippen molar-refractivity contribution in [3.8, 4) is 0 Å². The summed E-state index contributed by atoms with van der Waals surface area (Å²) < 4.78 is 0. The van der Waals surface area contributed by atoms with Crippen LogP contribution in [0.4, 0.5) is 0 Å². The van der Waals surface area contributed by atoms with Gasteiger partial charge >= 0.3 is 0 Å². The fraction of sp³-hybridized carbons (Fsp3) is 0.917. The zero-order valence-electron chi connectivity index (χ0n) is 10.1. The van der Waals surface area contributed by atoms with Crippen molar-refractivity contribution in [1.82, 2.24) is 5.32 Å². The topological polar surface area (TPSA) is 29.1 Å². The summed E-state index contributed by atoms with van der Waals surface area (Å²) in [5.41, 5.74) is 0.208. The molecule has 0 unspecified atom stereocenters. The van der Waals surface area contributed by atoms with Gasteiger partial charge in [0.05, 0.1) is 0 Å². The van der Waals surface area contributed by atoms with Crippen LogP contribution in [0.5, 0.6) is 0 Å². The van der Waals surface area contributed by atoms with Crippen LogP contribution < -0.4 is 5.32 Å². The minimum Gasteiger partial charge on any atom is -0.351 e. The number of rotatable bonds is 6. The maximum absolute atomic E-state index is 11.8. The van der Waals surface area contributed by atoms with E-state index in [2.05, 4.69) is 38.7 Å². The van der Waals surface area contributed by atoms with E-state index in [-0.39, 0.29) is 16.9 Å². The molecule has 1 saturated carbocycles. The minimum atomic E-state index is -0.0240. The van der Waals surface area contributed by atoms with Gasteiger partial charge in [0, 0.05) is 12.0 Å². The van der Waals surface area contributed by atoms with Gasteiger partial charge in [-0.1, -0.05) is 13.8 Å². The SMILES string of the molecule is CCC(C)(CC)NC(=O)CC1(CS)CC1. The molecule has 88 valence electrons. The third kappa shape index (κ3) is 3.40. The van der Waals surface area contributed by atoms with E-state index in [4.69, 9.17) is 0 Å². The van der Waals surface area contributed by atoms with Crippen molar-refractivity contribution in [1.29, 1.82) is 0 Å². The Labute approximate surface area is 98.6 Å². The number of amides is 1. The summed E-state index contributed by atoms with van der Waals surface area (Å²) in [7, 11) is 0. The van der Waals surface area contributed by atoms with Crippen LogP contribution in [0.1, 0.15) is 52.9 Å². The fourth-order valence-electron chi connectivity index (χ4n) is 1.72. The molecule has 0 radical (unpaired) electrons. The van der Waals surface area contributed by atoms with Gasteiger partial charge in [0.25, 0.3) is 0 Å². The predicted octanol–water partition coefficient (Wildman–Crippen LogP) is 2.78. The van der Waals surface area contributed by atoms with Crippen molar-refractivity contribution < 1.29 is 4.79 Å². The molecule has 1 fully saturated rings. The Hall–Kier alpha value is -0.180. The zero-order valence-corrected chi connectivity index (χ0v) is 11.0. The minimum absolute atomic E-state index is 0.0240. The summed E-state index contributed by atoms with van der Waals surface area (Å²) >= 11 is 4.32. The molecule has 0 bridgehead atoms. The lowest BCUT2D eigenvalue weighted by Gasteiger charge is -2.29. The second-order valence-corrected chi connectivity index (χ2v) is 5.47. The Kier molecular flexibility index (Phi) is 4.10. The first kappa shape index (κ1) is 12.9. The van der Waals surface area contributed by atoms with Crippen molar-refractivity contribution in [2.75, 3.05) is 5.75 Å². The van der Waals surface area contributed by atoms with Gasteiger partial charge < -0.3 is 5.32 Å². The van der Waals surface area contributed by atoms with Gasteiger partial charge in [0.1, 0.15) is 0 Å². The molecule has 0 aromatic rings. The van der Waals surface area contributed by atoms with Crippen molar-refractivity contribution in [2.24, 2.45) is 5.41 Å². The molecule has 0 saturated heterocycles. The van der Waals surface area contributed by atoms with E-state index < -0.39 is 0 Å². The molecule has 0 heterocycles. The van der Waals surface area contributed by atoms with E-state index in [1.807, 2.05) is 0 Å². The Bertz CT molecular complexity index is 232. The number of thiol groups is 1. The highest BCUT2D eigenvalue weighted by atomic mass is 32.1. The number of hydrogen-bond donors (Lipinski definition) is 2. The lowest BCUT2D eigenvalue weighted by atomic mass is 9.94. The second-order valence-electron chi connectivity index (χ2n) is 5.15. The van der Waals surface area contributed by atoms with E-state index in [9.17, 15) is 4.79 Å². The van der Waals surface area contributed by atoms with Gasteiger partial charge in [-0.2, -0.15) is 12.6 Å². The van der Waals surface area contributed by atoms with E-state index in [1.165, 1.54) is 12.8 Å². The Balaban J connectivity index is 2.42. The molecule has 1 N–H and O–H groups in total. The largest absolute Gasteiger partial charge is 0.351 e. The molecule has 1 aliphatic rings. The molecule has 1 rings (SSSR count). The van der Waals surface area contributed by atoms with Crippen LogP contribution in [0.2, 0.25) is 0 Å². The predicted molar refractivity (Wildman–Crippen MR) is 67.3 cm³/mol. The zero-order chi connectivity index (χ0) is 11.5. The van der Waals surface area contributed by atoms with Crippen LogP contribution in [0, 0.1) is 5.41 Å². The highest BCUT2D eigenvalue weighted by Crippen LogP contribution is 2.49. The van der Waals surface area contributed by atoms with Crippen LogP contribution in [0.15, 0.2) is 0 Å². The standard InChI is InChI=1S/C12H23NOS/c1-4-11(3,5-2)13-10(14)8-12(9-15)6-7-12/h15H,4-9H2,1-3H3,(H,13,14). The molecule has 1 aliphatic carbocycles. The average molecular weight is 229 g/mol. The van der Waals surface area contributed by atoms with Crippen LogP contribution in [-0.4, -0.2) is 17.2 Å². The van der Waals surface area contributed by atoms with E-state index in [1.54, 1.807) is 0 Å². The summed E-state index contributed by atoms with van der Waals surface area (Å²) in [6.07, 6.45) is 4.97. The number of carbonyl (C=O) groups excluding carboxylic acids is 1. The molecule has 1 amide bonds. The third-order valence-corrected chi connectivity index (χ3v) is 4.50. The van der Waals surface area contributed by atoms with Gasteiger partial charge in [-0.25, -0.2) is 0 Å². The van der Waals surface area contributed by atoms with Gasteiger partial charge in [-0.3, -0.25) is 4.79 Å². The van der Waals surface area contributed by atoms with Crippen LogP contribution in [0.25, 0.3) is 0 Å². The van der Waals surface area contributed by atoms with E-state index in [0.717, 1.165) is 18.6 Å². The molecule has 15 heavy (non-hydrogen) atoms. The van der Waals surface area contributed by atoms with E-state index in [0.29, 0.717) is 6.42 Å². The highest BCUT2D eigenvalue weighted by Gasteiger charge is 2.43. The Morgan fingerprint density at radius 3 is 2.27 bits per heavy atom. The Morgan fingerprint density at radius 1 is 1.40 bits per heavy atom. The van der Waals surface area contributed by atoms with Crippen molar-refractivity contribution in [2.45, 2.75) is 58.4 Å². The second kappa shape index (κ2) is 4.77. The van der Waals surface area contributed by atoms with Gasteiger partial charge in [0.15, 0.2) is 0 Å². The average Bonchev–Trinajstić information content (AvgIpc) is 2.98. The first-order valence-electron chi connectivity index (χ1n) is 5.91. The van der Waals surface area contributed by atoms with Crippen LogP contribution in [0.3, 0.4) is 0 Å². The van der Waals surface area contributed by atoms with Crippen molar-refractivity contribution in [3.05, 3.63) is 0 Å². The number of carbonyl (C=O) groups is 1.